The van der Waals surface area contributed by atoms with E-state index in [4.69, 9.17) is 9.47 Å². The predicted molar refractivity (Wildman–Crippen MR) is 122 cm³/mol. The maximum atomic E-state index is 13.1. The number of rotatable bonds is 6. The topological polar surface area (TPSA) is 62.2 Å². The van der Waals surface area contributed by atoms with E-state index >= 15 is 0 Å². The minimum atomic E-state index is -0.420. The normalized spacial score (nSPS) is 21.1. The van der Waals surface area contributed by atoms with Crippen molar-refractivity contribution in [3.63, 3.8) is 0 Å². The summed E-state index contributed by atoms with van der Waals surface area (Å²) >= 11 is 1.60. The number of aliphatic hydroxyl groups is 1. The first-order chi connectivity index (χ1) is 15.1. The molecule has 1 aromatic carbocycles. The number of hydrogen-bond acceptors (Lipinski definition) is 6. The van der Waals surface area contributed by atoms with Crippen LogP contribution < -0.4 is 9.47 Å². The molecule has 2 aliphatic rings. The number of hydrogen-bond donors (Lipinski definition) is 1. The smallest absolute Gasteiger partial charge is 0.236 e. The Bertz CT molecular complexity index is 864. The zero-order valence-electron chi connectivity index (χ0n) is 18.3. The van der Waals surface area contributed by atoms with Gasteiger partial charge >= 0.3 is 0 Å². The lowest BCUT2D eigenvalue weighted by Crippen LogP contribution is -2.46. The van der Waals surface area contributed by atoms with E-state index in [0.717, 1.165) is 47.7 Å². The van der Waals surface area contributed by atoms with Gasteiger partial charge in [0.1, 0.15) is 17.6 Å². The zero-order chi connectivity index (χ0) is 21.8. The first-order valence-electron chi connectivity index (χ1n) is 11.1. The van der Waals surface area contributed by atoms with Gasteiger partial charge in [0.05, 0.1) is 19.8 Å². The Morgan fingerprint density at radius 1 is 1.32 bits per heavy atom. The molecule has 0 saturated carbocycles. The fraction of sp³-hybridized carbons (Fsp3) is 0.542. The fourth-order valence-electron chi connectivity index (χ4n) is 4.51. The maximum Gasteiger partial charge on any atom is 0.236 e. The minimum Gasteiger partial charge on any atom is -0.497 e. The highest BCUT2D eigenvalue weighted by Crippen LogP contribution is 2.33. The molecule has 2 atom stereocenters. The lowest BCUT2D eigenvalue weighted by molar-refractivity contribution is -0.134. The van der Waals surface area contributed by atoms with Crippen molar-refractivity contribution in [2.75, 3.05) is 33.3 Å². The molecule has 0 radical (unpaired) electrons. The molecule has 2 aromatic rings. The molecule has 2 unspecified atom stereocenters. The van der Waals surface area contributed by atoms with Crippen LogP contribution in [0.5, 0.6) is 11.5 Å². The molecule has 1 amide bonds. The number of ether oxygens (including phenoxy) is 2. The second kappa shape index (κ2) is 10.0. The monoisotopic (exact) mass is 444 g/mol. The summed E-state index contributed by atoms with van der Waals surface area (Å²) in [5.41, 5.74) is 1.06. The van der Waals surface area contributed by atoms with E-state index < -0.39 is 6.10 Å². The average molecular weight is 445 g/mol. The van der Waals surface area contributed by atoms with Crippen LogP contribution in [0.1, 0.15) is 42.7 Å². The molecule has 168 valence electrons. The highest BCUT2D eigenvalue weighted by atomic mass is 32.1. The number of likely N-dealkylation sites (tertiary alicyclic amines) is 1. The Labute approximate surface area is 188 Å². The Balaban J connectivity index is 1.36. The molecule has 0 bridgehead atoms. The maximum absolute atomic E-state index is 13.1. The quantitative estimate of drug-likeness (QED) is 0.736. The Hall–Kier alpha value is -2.09. The molecule has 3 heterocycles. The highest BCUT2D eigenvalue weighted by Gasteiger charge is 2.30. The average Bonchev–Trinajstić information content (AvgIpc) is 3.27. The van der Waals surface area contributed by atoms with Gasteiger partial charge in [-0.1, -0.05) is 13.0 Å². The lowest BCUT2D eigenvalue weighted by Gasteiger charge is -2.35. The SMILES string of the molecule is CCC1CN(CC(=O)N2CCC(C(O)c3cccs3)CC2)Cc2cc(OC)ccc2O1. The van der Waals surface area contributed by atoms with Crippen LogP contribution in [0.15, 0.2) is 35.7 Å². The van der Waals surface area contributed by atoms with E-state index in [1.54, 1.807) is 18.4 Å². The summed E-state index contributed by atoms with van der Waals surface area (Å²) < 4.78 is 11.6. The van der Waals surface area contributed by atoms with Crippen molar-refractivity contribution >= 4 is 17.2 Å². The molecular weight excluding hydrogens is 412 g/mol. The number of carbonyl (C=O) groups is 1. The largest absolute Gasteiger partial charge is 0.497 e. The van der Waals surface area contributed by atoms with Crippen LogP contribution in [0, 0.1) is 5.92 Å². The van der Waals surface area contributed by atoms with E-state index in [1.165, 1.54) is 0 Å². The number of nitrogens with zero attached hydrogens (tertiary/aromatic N) is 2. The van der Waals surface area contributed by atoms with Gasteiger partial charge in [-0.05, 0) is 54.8 Å². The van der Waals surface area contributed by atoms with Gasteiger partial charge in [-0.25, -0.2) is 0 Å². The molecule has 1 saturated heterocycles. The zero-order valence-corrected chi connectivity index (χ0v) is 19.1. The van der Waals surface area contributed by atoms with Crippen molar-refractivity contribution in [2.45, 2.75) is 44.9 Å². The highest BCUT2D eigenvalue weighted by molar-refractivity contribution is 7.10. The van der Waals surface area contributed by atoms with Gasteiger partial charge in [0, 0.05) is 36.6 Å². The molecule has 7 heteroatoms. The molecule has 1 aromatic heterocycles. The third-order valence-corrected chi connectivity index (χ3v) is 7.35. The second-order valence-corrected chi connectivity index (χ2v) is 9.45. The number of thiophene rings is 1. The number of benzene rings is 1. The van der Waals surface area contributed by atoms with Crippen LogP contribution in [-0.4, -0.2) is 60.2 Å². The summed E-state index contributed by atoms with van der Waals surface area (Å²) in [6, 6.07) is 9.85. The van der Waals surface area contributed by atoms with Gasteiger partial charge in [-0.2, -0.15) is 0 Å². The molecule has 31 heavy (non-hydrogen) atoms. The summed E-state index contributed by atoms with van der Waals surface area (Å²) in [5, 5.41) is 12.6. The van der Waals surface area contributed by atoms with Crippen molar-refractivity contribution < 1.29 is 19.4 Å². The van der Waals surface area contributed by atoms with Crippen LogP contribution in [0.25, 0.3) is 0 Å². The van der Waals surface area contributed by atoms with Gasteiger partial charge in [-0.3, -0.25) is 9.69 Å². The van der Waals surface area contributed by atoms with E-state index in [-0.39, 0.29) is 17.9 Å². The van der Waals surface area contributed by atoms with Crippen LogP contribution in [0.4, 0.5) is 0 Å². The number of methoxy groups -OCH3 is 1. The van der Waals surface area contributed by atoms with Crippen molar-refractivity contribution in [3.05, 3.63) is 46.2 Å². The molecule has 6 nitrogen and oxygen atoms in total. The first kappa shape index (κ1) is 22.1. The minimum absolute atomic E-state index is 0.0640. The Morgan fingerprint density at radius 2 is 2.13 bits per heavy atom. The molecule has 4 rings (SSSR count). The van der Waals surface area contributed by atoms with E-state index in [2.05, 4.69) is 11.8 Å². The van der Waals surface area contributed by atoms with Gasteiger partial charge < -0.3 is 19.5 Å². The summed E-state index contributed by atoms with van der Waals surface area (Å²) in [4.78, 5) is 18.2. The summed E-state index contributed by atoms with van der Waals surface area (Å²) in [7, 11) is 1.66. The molecule has 0 aliphatic carbocycles. The van der Waals surface area contributed by atoms with Gasteiger partial charge in [0.15, 0.2) is 0 Å². The fourth-order valence-corrected chi connectivity index (χ4v) is 5.32. The van der Waals surface area contributed by atoms with Gasteiger partial charge in [0.2, 0.25) is 5.91 Å². The molecular formula is C24H32N2O4S. The Morgan fingerprint density at radius 3 is 2.81 bits per heavy atom. The van der Waals surface area contributed by atoms with Crippen molar-refractivity contribution in [1.82, 2.24) is 9.80 Å². The number of piperidine rings is 1. The molecule has 1 fully saturated rings. The molecule has 0 spiro atoms. The standard InChI is InChI=1S/C24H32N2O4S/c1-3-19-15-25(14-18-13-20(29-2)6-7-21(18)30-19)16-23(27)26-10-8-17(9-11-26)24(28)22-5-4-12-31-22/h4-7,12-13,17,19,24,28H,3,8-11,14-16H2,1-2H3. The third-order valence-electron chi connectivity index (χ3n) is 6.40. The molecule has 1 N–H and O–H groups in total. The van der Waals surface area contributed by atoms with Crippen LogP contribution in [-0.2, 0) is 11.3 Å². The third kappa shape index (κ3) is 5.22. The number of fused-ring (bicyclic) bond motifs is 1. The first-order valence-corrected chi connectivity index (χ1v) is 12.0. The van der Waals surface area contributed by atoms with Crippen molar-refractivity contribution in [3.8, 4) is 11.5 Å². The van der Waals surface area contributed by atoms with Crippen LogP contribution in [0.3, 0.4) is 0 Å². The van der Waals surface area contributed by atoms with E-state index in [9.17, 15) is 9.90 Å². The van der Waals surface area contributed by atoms with Crippen molar-refractivity contribution in [2.24, 2.45) is 5.92 Å². The summed E-state index contributed by atoms with van der Waals surface area (Å²) in [5.74, 6) is 2.06. The summed E-state index contributed by atoms with van der Waals surface area (Å²) in [6.07, 6.45) is 2.21. The number of aliphatic hydroxyl groups excluding tert-OH is 1. The van der Waals surface area contributed by atoms with Crippen molar-refractivity contribution in [1.29, 1.82) is 0 Å². The van der Waals surface area contributed by atoms with Crippen LogP contribution in [0.2, 0.25) is 0 Å². The Kier molecular flexibility index (Phi) is 7.15. The van der Waals surface area contributed by atoms with Gasteiger partial charge in [0.25, 0.3) is 0 Å². The lowest BCUT2D eigenvalue weighted by atomic mass is 9.90. The van der Waals surface area contributed by atoms with E-state index in [1.807, 2.05) is 40.6 Å². The predicted octanol–water partition coefficient (Wildman–Crippen LogP) is 3.70. The van der Waals surface area contributed by atoms with Crippen LogP contribution >= 0.6 is 11.3 Å². The van der Waals surface area contributed by atoms with E-state index in [0.29, 0.717) is 26.2 Å². The number of carbonyl (C=O) groups excluding carboxylic acids is 1. The summed E-state index contributed by atoms with van der Waals surface area (Å²) in [6.45, 7) is 5.31. The second-order valence-electron chi connectivity index (χ2n) is 8.47. The molecule has 2 aliphatic heterocycles. The number of amides is 1. The van der Waals surface area contributed by atoms with Gasteiger partial charge in [-0.15, -0.1) is 11.3 Å².